The molecule has 0 bridgehead atoms. The van der Waals surface area contributed by atoms with Crippen LogP contribution in [0.5, 0.6) is 11.5 Å². The summed E-state index contributed by atoms with van der Waals surface area (Å²) in [6, 6.07) is 3.39. The van der Waals surface area contributed by atoms with Gasteiger partial charge < -0.3 is 24.6 Å². The van der Waals surface area contributed by atoms with Crippen LogP contribution in [0.1, 0.15) is 19.2 Å². The van der Waals surface area contributed by atoms with Crippen molar-refractivity contribution in [1.29, 1.82) is 0 Å². The Morgan fingerprint density at radius 1 is 1.26 bits per heavy atom. The van der Waals surface area contributed by atoms with Gasteiger partial charge in [0.25, 0.3) is 0 Å². The Labute approximate surface area is 169 Å². The number of hydrogen-bond acceptors (Lipinski definition) is 7. The normalized spacial score (nSPS) is 10.2. The maximum Gasteiger partial charge on any atom is 0.227 e. The van der Waals surface area contributed by atoms with Gasteiger partial charge in [-0.25, -0.2) is 0 Å². The topological polar surface area (TPSA) is 98.5 Å². The van der Waals surface area contributed by atoms with Gasteiger partial charge in [-0.3, -0.25) is 4.79 Å². The molecule has 0 saturated heterocycles. The average molecular weight is 419 g/mol. The predicted octanol–water partition coefficient (Wildman–Crippen LogP) is 2.49. The summed E-state index contributed by atoms with van der Waals surface area (Å²) in [5.74, 6) is 1.61. The summed E-state index contributed by atoms with van der Waals surface area (Å²) in [7, 11) is 3.04. The van der Waals surface area contributed by atoms with Gasteiger partial charge in [-0.1, -0.05) is 23.7 Å². The lowest BCUT2D eigenvalue weighted by molar-refractivity contribution is -0.121. The molecule has 2 aromatic rings. The third-order valence-corrected chi connectivity index (χ3v) is 3.88. The molecule has 2 rings (SSSR count). The maximum absolute atomic E-state index is 11.8. The fraction of sp³-hybridized carbons (Fsp3) is 0.471. The van der Waals surface area contributed by atoms with E-state index in [-0.39, 0.29) is 24.7 Å². The zero-order valence-electron chi connectivity index (χ0n) is 15.5. The van der Waals surface area contributed by atoms with Crippen LogP contribution in [-0.4, -0.2) is 49.9 Å². The number of benzene rings is 1. The van der Waals surface area contributed by atoms with Crippen LogP contribution in [0, 0.1) is 0 Å². The van der Waals surface area contributed by atoms with Crippen molar-refractivity contribution in [3.05, 3.63) is 23.0 Å². The predicted molar refractivity (Wildman–Crippen MR) is 105 cm³/mol. The molecule has 0 atom stereocenters. The lowest BCUT2D eigenvalue weighted by Gasteiger charge is -2.10. The third-order valence-electron chi connectivity index (χ3n) is 3.60. The van der Waals surface area contributed by atoms with E-state index >= 15 is 0 Å². The van der Waals surface area contributed by atoms with Crippen molar-refractivity contribution in [1.82, 2.24) is 20.8 Å². The number of carbonyl (C=O) groups is 1. The van der Waals surface area contributed by atoms with Crippen LogP contribution < -0.4 is 20.1 Å². The van der Waals surface area contributed by atoms with Crippen molar-refractivity contribution in [2.24, 2.45) is 0 Å². The molecular formula is C17H24Cl2N4O4. The lowest BCUT2D eigenvalue weighted by atomic mass is 10.2. The second-order valence-electron chi connectivity index (χ2n) is 5.41. The minimum Gasteiger partial charge on any atom is -0.493 e. The first-order chi connectivity index (χ1) is 12.6. The van der Waals surface area contributed by atoms with Crippen LogP contribution in [0.25, 0.3) is 11.4 Å². The average Bonchev–Trinajstić information content (AvgIpc) is 3.12. The molecule has 0 unspecified atom stereocenters. The van der Waals surface area contributed by atoms with E-state index in [4.69, 9.17) is 25.6 Å². The minimum atomic E-state index is -0.0585. The number of aromatic nitrogens is 2. The number of halogens is 2. The number of rotatable bonds is 10. The zero-order valence-corrected chi connectivity index (χ0v) is 17.1. The molecule has 2 N–H and O–H groups in total. The number of carbonyl (C=O) groups excluding carboxylic acids is 1. The smallest absolute Gasteiger partial charge is 0.227 e. The SMILES string of the molecule is CCNCCNC(=O)CCc1nc(-c2cc(Cl)c(OC)c(OC)c2)no1.Cl. The van der Waals surface area contributed by atoms with Crippen molar-refractivity contribution >= 4 is 29.9 Å². The van der Waals surface area contributed by atoms with Crippen LogP contribution in [0.2, 0.25) is 5.02 Å². The highest BCUT2D eigenvalue weighted by Gasteiger charge is 2.16. The van der Waals surface area contributed by atoms with E-state index in [1.807, 2.05) is 6.92 Å². The van der Waals surface area contributed by atoms with Gasteiger partial charge >= 0.3 is 0 Å². The molecular weight excluding hydrogens is 395 g/mol. The van der Waals surface area contributed by atoms with Crippen LogP contribution in [0.3, 0.4) is 0 Å². The van der Waals surface area contributed by atoms with Gasteiger partial charge in [-0.05, 0) is 18.7 Å². The number of methoxy groups -OCH3 is 2. The van der Waals surface area contributed by atoms with Crippen LogP contribution in [-0.2, 0) is 11.2 Å². The number of nitrogens with one attached hydrogen (secondary N) is 2. The van der Waals surface area contributed by atoms with Gasteiger partial charge in [0.2, 0.25) is 17.6 Å². The quantitative estimate of drug-likeness (QED) is 0.571. The van der Waals surface area contributed by atoms with E-state index in [9.17, 15) is 4.79 Å². The van der Waals surface area contributed by atoms with E-state index in [0.29, 0.717) is 46.8 Å². The molecule has 0 spiro atoms. The van der Waals surface area contributed by atoms with Crippen LogP contribution in [0.4, 0.5) is 0 Å². The summed E-state index contributed by atoms with van der Waals surface area (Å²) in [5, 5.41) is 10.3. The summed E-state index contributed by atoms with van der Waals surface area (Å²) in [5.41, 5.74) is 0.637. The number of aryl methyl sites for hydroxylation is 1. The van der Waals surface area contributed by atoms with Crippen molar-refractivity contribution in [2.75, 3.05) is 33.9 Å². The standard InChI is InChI=1S/C17H23ClN4O4.ClH/c1-4-19-7-8-20-14(23)5-6-15-21-17(22-26-15)11-9-12(18)16(25-3)13(10-11)24-2;/h9-10,19H,4-8H2,1-3H3,(H,20,23);1H. The largest absolute Gasteiger partial charge is 0.493 e. The highest BCUT2D eigenvalue weighted by molar-refractivity contribution is 6.32. The Morgan fingerprint density at radius 3 is 2.70 bits per heavy atom. The Morgan fingerprint density at radius 2 is 2.04 bits per heavy atom. The molecule has 27 heavy (non-hydrogen) atoms. The highest BCUT2D eigenvalue weighted by Crippen LogP contribution is 2.38. The Kier molecular flexibility index (Phi) is 9.92. The fourth-order valence-electron chi connectivity index (χ4n) is 2.30. The van der Waals surface area contributed by atoms with Gasteiger partial charge in [0.1, 0.15) is 0 Å². The lowest BCUT2D eigenvalue weighted by Crippen LogP contribution is -2.31. The molecule has 10 heteroatoms. The molecule has 1 aromatic carbocycles. The first-order valence-electron chi connectivity index (χ1n) is 8.30. The number of amides is 1. The van der Waals surface area contributed by atoms with Crippen LogP contribution in [0.15, 0.2) is 16.7 Å². The summed E-state index contributed by atoms with van der Waals surface area (Å²) in [6.45, 7) is 4.22. The van der Waals surface area contributed by atoms with E-state index in [1.165, 1.54) is 14.2 Å². The Balaban J connectivity index is 0.00000364. The number of hydrogen-bond donors (Lipinski definition) is 2. The summed E-state index contributed by atoms with van der Waals surface area (Å²) in [4.78, 5) is 16.1. The molecule has 1 aromatic heterocycles. The van der Waals surface area contributed by atoms with Crippen molar-refractivity contribution in [2.45, 2.75) is 19.8 Å². The van der Waals surface area contributed by atoms with Gasteiger partial charge in [-0.2, -0.15) is 4.98 Å². The van der Waals surface area contributed by atoms with Crippen molar-refractivity contribution in [3.63, 3.8) is 0 Å². The minimum absolute atomic E-state index is 0. The van der Waals surface area contributed by atoms with E-state index in [1.54, 1.807) is 12.1 Å². The van der Waals surface area contributed by atoms with Crippen molar-refractivity contribution < 1.29 is 18.8 Å². The number of ether oxygens (including phenoxy) is 2. The molecule has 0 aliphatic heterocycles. The fourth-order valence-corrected chi connectivity index (χ4v) is 2.58. The zero-order chi connectivity index (χ0) is 18.9. The summed E-state index contributed by atoms with van der Waals surface area (Å²) < 4.78 is 15.7. The van der Waals surface area contributed by atoms with E-state index in [2.05, 4.69) is 20.8 Å². The molecule has 1 heterocycles. The number of likely N-dealkylation sites (N-methyl/N-ethyl adjacent to an activating group) is 1. The van der Waals surface area contributed by atoms with Crippen molar-refractivity contribution in [3.8, 4) is 22.9 Å². The number of nitrogens with zero attached hydrogens (tertiary/aromatic N) is 2. The summed E-state index contributed by atoms with van der Waals surface area (Å²) >= 11 is 6.19. The first kappa shape index (κ1) is 23.0. The second kappa shape index (κ2) is 11.6. The highest BCUT2D eigenvalue weighted by atomic mass is 35.5. The Bertz CT molecular complexity index is 740. The van der Waals surface area contributed by atoms with Gasteiger partial charge in [-0.15, -0.1) is 12.4 Å². The van der Waals surface area contributed by atoms with E-state index < -0.39 is 0 Å². The monoisotopic (exact) mass is 418 g/mol. The van der Waals surface area contributed by atoms with Gasteiger partial charge in [0.15, 0.2) is 11.5 Å². The molecule has 0 fully saturated rings. The van der Waals surface area contributed by atoms with E-state index in [0.717, 1.165) is 13.1 Å². The van der Waals surface area contributed by atoms with Gasteiger partial charge in [0, 0.05) is 31.5 Å². The van der Waals surface area contributed by atoms with Crippen LogP contribution >= 0.6 is 24.0 Å². The van der Waals surface area contributed by atoms with Gasteiger partial charge in [0.05, 0.1) is 19.2 Å². The molecule has 150 valence electrons. The summed E-state index contributed by atoms with van der Waals surface area (Å²) in [6.07, 6.45) is 0.640. The third kappa shape index (κ3) is 6.57. The maximum atomic E-state index is 11.8. The molecule has 0 aliphatic rings. The molecule has 0 aliphatic carbocycles. The molecule has 0 radical (unpaired) electrons. The molecule has 0 saturated carbocycles. The second-order valence-corrected chi connectivity index (χ2v) is 5.82. The molecule has 8 nitrogen and oxygen atoms in total. The Hall–Kier alpha value is -2.03. The first-order valence-corrected chi connectivity index (χ1v) is 8.68. The molecule has 1 amide bonds.